The summed E-state index contributed by atoms with van der Waals surface area (Å²) >= 11 is 0. The topological polar surface area (TPSA) is 18.5 Å². The van der Waals surface area contributed by atoms with E-state index in [0.717, 1.165) is 48.7 Å². The molecular formula is C32H40O2. The maximum absolute atomic E-state index is 5.95. The third kappa shape index (κ3) is 9.14. The van der Waals surface area contributed by atoms with Crippen molar-refractivity contribution in [3.05, 3.63) is 71.8 Å². The molecule has 0 heterocycles. The van der Waals surface area contributed by atoms with E-state index < -0.39 is 0 Å². The van der Waals surface area contributed by atoms with Crippen LogP contribution in [-0.2, 0) is 0 Å². The average Bonchev–Trinajstić information content (AvgIpc) is 2.87. The van der Waals surface area contributed by atoms with Crippen molar-refractivity contribution in [2.75, 3.05) is 13.2 Å². The fraction of sp³-hybridized carbons (Fsp3) is 0.438. The van der Waals surface area contributed by atoms with Gasteiger partial charge in [0, 0.05) is 11.1 Å². The number of fused-ring (bicyclic) bond motifs is 1. The molecule has 2 nitrogen and oxygen atoms in total. The summed E-state index contributed by atoms with van der Waals surface area (Å²) in [4.78, 5) is 0. The average molecular weight is 457 g/mol. The second-order valence-corrected chi connectivity index (χ2v) is 9.02. The molecule has 0 fully saturated rings. The van der Waals surface area contributed by atoms with E-state index in [-0.39, 0.29) is 0 Å². The lowest BCUT2D eigenvalue weighted by molar-refractivity contribution is 0.304. The molecule has 0 aliphatic rings. The van der Waals surface area contributed by atoms with E-state index in [2.05, 4.69) is 62.1 Å². The molecule has 0 bridgehead atoms. The minimum Gasteiger partial charge on any atom is -0.494 e. The molecule has 3 aromatic rings. The van der Waals surface area contributed by atoms with Gasteiger partial charge in [-0.15, -0.1) is 0 Å². The van der Waals surface area contributed by atoms with Crippen LogP contribution in [-0.4, -0.2) is 13.2 Å². The monoisotopic (exact) mass is 456 g/mol. The quantitative estimate of drug-likeness (QED) is 0.178. The van der Waals surface area contributed by atoms with E-state index in [1.807, 2.05) is 24.3 Å². The van der Waals surface area contributed by atoms with E-state index in [4.69, 9.17) is 9.47 Å². The second kappa shape index (κ2) is 15.1. The first kappa shape index (κ1) is 25.7. The molecule has 0 aliphatic heterocycles. The van der Waals surface area contributed by atoms with Crippen LogP contribution in [0.4, 0.5) is 0 Å². The van der Waals surface area contributed by atoms with Gasteiger partial charge < -0.3 is 9.47 Å². The summed E-state index contributed by atoms with van der Waals surface area (Å²) in [5.74, 6) is 8.44. The van der Waals surface area contributed by atoms with Crippen LogP contribution in [0, 0.1) is 11.8 Å². The first-order chi connectivity index (χ1) is 16.8. The summed E-state index contributed by atoms with van der Waals surface area (Å²) < 4.78 is 11.8. The van der Waals surface area contributed by atoms with Crippen LogP contribution in [0.5, 0.6) is 11.5 Å². The fourth-order valence-corrected chi connectivity index (χ4v) is 3.96. The molecule has 3 aromatic carbocycles. The van der Waals surface area contributed by atoms with Crippen LogP contribution < -0.4 is 9.47 Å². The SMILES string of the molecule is CCCCCCCOc1ccc(C#Cc2ccc3cc(OCCCCCCC)ccc3c2)cc1. The van der Waals surface area contributed by atoms with Gasteiger partial charge in [0.05, 0.1) is 13.2 Å². The molecule has 0 saturated heterocycles. The van der Waals surface area contributed by atoms with Crippen LogP contribution in [0.2, 0.25) is 0 Å². The van der Waals surface area contributed by atoms with Gasteiger partial charge in [-0.05, 0) is 72.1 Å². The summed E-state index contributed by atoms with van der Waals surface area (Å²) in [5, 5.41) is 2.37. The lowest BCUT2D eigenvalue weighted by atomic mass is 10.1. The van der Waals surface area contributed by atoms with Crippen molar-refractivity contribution in [1.82, 2.24) is 0 Å². The van der Waals surface area contributed by atoms with Gasteiger partial charge >= 0.3 is 0 Å². The van der Waals surface area contributed by atoms with E-state index in [9.17, 15) is 0 Å². The van der Waals surface area contributed by atoms with Gasteiger partial charge in [-0.3, -0.25) is 0 Å². The maximum atomic E-state index is 5.95. The van der Waals surface area contributed by atoms with E-state index >= 15 is 0 Å². The summed E-state index contributed by atoms with van der Waals surface area (Å²) in [6, 6.07) is 20.8. The van der Waals surface area contributed by atoms with Crippen LogP contribution in [0.15, 0.2) is 60.7 Å². The Morgan fingerprint density at radius 3 is 1.68 bits per heavy atom. The van der Waals surface area contributed by atoms with Crippen molar-refractivity contribution in [3.63, 3.8) is 0 Å². The number of hydrogen-bond donors (Lipinski definition) is 0. The van der Waals surface area contributed by atoms with Gasteiger partial charge in [-0.25, -0.2) is 0 Å². The zero-order valence-electron chi connectivity index (χ0n) is 21.1. The highest BCUT2D eigenvalue weighted by Gasteiger charge is 2.00. The highest BCUT2D eigenvalue weighted by Crippen LogP contribution is 2.22. The molecule has 0 aromatic heterocycles. The Morgan fingerprint density at radius 2 is 1.00 bits per heavy atom. The van der Waals surface area contributed by atoms with Gasteiger partial charge in [0.1, 0.15) is 11.5 Å². The number of benzene rings is 3. The standard InChI is InChI=1S/C32H40O2/c1-3-5-7-9-11-23-33-31-20-16-27(17-21-31)13-14-28-15-18-30-26-32(22-19-29(30)25-28)34-24-12-10-8-6-4-2/h15-22,25-26H,3-12,23-24H2,1-2H3. The van der Waals surface area contributed by atoms with Crippen molar-refractivity contribution in [2.24, 2.45) is 0 Å². The molecular weight excluding hydrogens is 416 g/mol. The number of hydrogen-bond acceptors (Lipinski definition) is 2. The fourth-order valence-electron chi connectivity index (χ4n) is 3.96. The maximum Gasteiger partial charge on any atom is 0.119 e. The van der Waals surface area contributed by atoms with Crippen molar-refractivity contribution in [3.8, 4) is 23.3 Å². The first-order valence-electron chi connectivity index (χ1n) is 13.2. The lowest BCUT2D eigenvalue weighted by Crippen LogP contribution is -1.97. The molecule has 0 N–H and O–H groups in total. The highest BCUT2D eigenvalue weighted by molar-refractivity contribution is 5.85. The molecule has 0 unspecified atom stereocenters. The van der Waals surface area contributed by atoms with Gasteiger partial charge in [-0.2, -0.15) is 0 Å². The summed E-state index contributed by atoms with van der Waals surface area (Å²) in [7, 11) is 0. The van der Waals surface area contributed by atoms with Gasteiger partial charge in [-0.1, -0.05) is 89.2 Å². The molecule has 0 radical (unpaired) electrons. The largest absolute Gasteiger partial charge is 0.494 e. The smallest absolute Gasteiger partial charge is 0.119 e. The Bertz CT molecular complexity index is 1040. The molecule has 34 heavy (non-hydrogen) atoms. The third-order valence-electron chi connectivity index (χ3n) is 6.05. The Morgan fingerprint density at radius 1 is 0.500 bits per heavy atom. The normalized spacial score (nSPS) is 10.6. The van der Waals surface area contributed by atoms with E-state index in [0.29, 0.717) is 0 Å². The van der Waals surface area contributed by atoms with E-state index in [1.165, 1.54) is 62.1 Å². The van der Waals surface area contributed by atoms with Crippen molar-refractivity contribution < 1.29 is 9.47 Å². The molecule has 180 valence electrons. The Hall–Kier alpha value is -2.92. The summed E-state index contributed by atoms with van der Waals surface area (Å²) in [5.41, 5.74) is 2.02. The Balaban J connectivity index is 1.49. The summed E-state index contributed by atoms with van der Waals surface area (Å²) in [6.07, 6.45) is 12.5. The predicted molar refractivity (Wildman–Crippen MR) is 145 cm³/mol. The van der Waals surface area contributed by atoms with Crippen LogP contribution >= 0.6 is 0 Å². The van der Waals surface area contributed by atoms with Crippen molar-refractivity contribution in [1.29, 1.82) is 0 Å². The lowest BCUT2D eigenvalue weighted by Gasteiger charge is -2.07. The van der Waals surface area contributed by atoms with Crippen LogP contribution in [0.1, 0.15) is 89.2 Å². The van der Waals surface area contributed by atoms with Gasteiger partial charge in [0.15, 0.2) is 0 Å². The number of unbranched alkanes of at least 4 members (excludes halogenated alkanes) is 8. The molecule has 2 heteroatoms. The third-order valence-corrected chi connectivity index (χ3v) is 6.05. The first-order valence-corrected chi connectivity index (χ1v) is 13.2. The number of rotatable bonds is 14. The zero-order chi connectivity index (χ0) is 23.8. The molecule has 0 spiro atoms. The second-order valence-electron chi connectivity index (χ2n) is 9.02. The van der Waals surface area contributed by atoms with Crippen molar-refractivity contribution >= 4 is 10.8 Å². The van der Waals surface area contributed by atoms with Gasteiger partial charge in [0.2, 0.25) is 0 Å². The number of ether oxygens (including phenoxy) is 2. The minimum absolute atomic E-state index is 0.789. The Kier molecular flexibility index (Phi) is 11.4. The zero-order valence-corrected chi connectivity index (χ0v) is 21.1. The van der Waals surface area contributed by atoms with Crippen LogP contribution in [0.3, 0.4) is 0 Å². The van der Waals surface area contributed by atoms with E-state index in [1.54, 1.807) is 0 Å². The molecule has 0 atom stereocenters. The van der Waals surface area contributed by atoms with Gasteiger partial charge in [0.25, 0.3) is 0 Å². The highest BCUT2D eigenvalue weighted by atomic mass is 16.5. The minimum atomic E-state index is 0.789. The summed E-state index contributed by atoms with van der Waals surface area (Å²) in [6.45, 7) is 6.06. The molecule has 0 amide bonds. The van der Waals surface area contributed by atoms with Crippen LogP contribution in [0.25, 0.3) is 10.8 Å². The Labute approximate surface area is 206 Å². The predicted octanol–water partition coefficient (Wildman–Crippen LogP) is 8.94. The van der Waals surface area contributed by atoms with Crippen molar-refractivity contribution in [2.45, 2.75) is 78.1 Å². The molecule has 0 saturated carbocycles. The molecule has 0 aliphatic carbocycles. The molecule has 3 rings (SSSR count).